The highest BCUT2D eigenvalue weighted by atomic mass is 35.5. The molecular formula is C14H20ClN2O3P. The van der Waals surface area contributed by atoms with E-state index in [0.29, 0.717) is 30.5 Å². The van der Waals surface area contributed by atoms with Crippen molar-refractivity contribution in [3.8, 4) is 0 Å². The van der Waals surface area contributed by atoms with Gasteiger partial charge in [-0.15, -0.1) is 0 Å². The first-order valence-electron chi connectivity index (χ1n) is 6.98. The lowest BCUT2D eigenvalue weighted by Crippen LogP contribution is -2.16. The van der Waals surface area contributed by atoms with Gasteiger partial charge in [-0.1, -0.05) is 23.7 Å². The molecule has 1 aromatic carbocycles. The van der Waals surface area contributed by atoms with Crippen LogP contribution in [0.25, 0.3) is 5.70 Å². The molecule has 0 aromatic heterocycles. The molecule has 21 heavy (non-hydrogen) atoms. The molecule has 0 spiro atoms. The van der Waals surface area contributed by atoms with Crippen LogP contribution in [0.4, 0.5) is 5.69 Å². The molecule has 2 N–H and O–H groups in total. The van der Waals surface area contributed by atoms with E-state index in [4.69, 9.17) is 20.6 Å². The van der Waals surface area contributed by atoms with Crippen molar-refractivity contribution < 1.29 is 13.6 Å². The number of hydrogen-bond donors (Lipinski definition) is 2. The van der Waals surface area contributed by atoms with Crippen LogP contribution in [0.2, 0.25) is 5.02 Å². The molecule has 5 nitrogen and oxygen atoms in total. The van der Waals surface area contributed by atoms with E-state index in [9.17, 15) is 4.57 Å². The highest BCUT2D eigenvalue weighted by Gasteiger charge is 2.24. The molecular weight excluding hydrogens is 311 g/mol. The SMILES string of the molecule is CCOP(=O)(/C=C1\NCCNc2c(Cl)cccc21)OCC. The summed E-state index contributed by atoms with van der Waals surface area (Å²) in [7, 11) is -3.27. The number of anilines is 1. The van der Waals surface area contributed by atoms with Crippen molar-refractivity contribution in [1.82, 2.24) is 5.32 Å². The largest absolute Gasteiger partial charge is 0.382 e. The summed E-state index contributed by atoms with van der Waals surface area (Å²) in [6.07, 6.45) is 0. The fourth-order valence-corrected chi connectivity index (χ4v) is 3.88. The van der Waals surface area contributed by atoms with Crippen LogP contribution in [-0.4, -0.2) is 26.3 Å². The Hall–Kier alpha value is -1.00. The van der Waals surface area contributed by atoms with Gasteiger partial charge in [0.1, 0.15) is 0 Å². The second-order valence-electron chi connectivity index (χ2n) is 4.43. The van der Waals surface area contributed by atoms with E-state index in [1.165, 1.54) is 0 Å². The highest BCUT2D eigenvalue weighted by Crippen LogP contribution is 2.51. The van der Waals surface area contributed by atoms with E-state index in [2.05, 4.69) is 10.6 Å². The van der Waals surface area contributed by atoms with Gasteiger partial charge >= 0.3 is 7.60 Å². The maximum absolute atomic E-state index is 12.7. The normalized spacial score (nSPS) is 16.8. The van der Waals surface area contributed by atoms with Gasteiger partial charge in [0.2, 0.25) is 0 Å². The smallest absolute Gasteiger partial charge is 0.356 e. The maximum atomic E-state index is 12.7. The second-order valence-corrected chi connectivity index (χ2v) is 6.70. The van der Waals surface area contributed by atoms with Crippen molar-refractivity contribution in [2.45, 2.75) is 13.8 Å². The maximum Gasteiger partial charge on any atom is 0.356 e. The Morgan fingerprint density at radius 2 is 1.90 bits per heavy atom. The molecule has 0 amide bonds. The average molecular weight is 331 g/mol. The molecule has 0 saturated heterocycles. The fraction of sp³-hybridized carbons (Fsp3) is 0.429. The van der Waals surface area contributed by atoms with Crippen LogP contribution in [-0.2, 0) is 13.6 Å². The predicted molar refractivity (Wildman–Crippen MR) is 86.8 cm³/mol. The average Bonchev–Trinajstić information content (AvgIpc) is 2.63. The lowest BCUT2D eigenvalue weighted by molar-refractivity contribution is 0.229. The van der Waals surface area contributed by atoms with Gasteiger partial charge < -0.3 is 19.7 Å². The Balaban J connectivity index is 2.45. The van der Waals surface area contributed by atoms with Crippen molar-refractivity contribution in [1.29, 1.82) is 0 Å². The predicted octanol–water partition coefficient (Wildman–Crippen LogP) is 3.92. The van der Waals surface area contributed by atoms with Crippen LogP contribution in [0.3, 0.4) is 0 Å². The molecule has 0 saturated carbocycles. The minimum absolute atomic E-state index is 0.321. The standard InChI is InChI=1S/C14H20ClN2O3P/c1-3-19-21(18,20-4-2)10-13-11-6-5-7-12(15)14(11)17-9-8-16-13/h5-7,10,16-17H,3-4,8-9H2,1-2H3/b13-10-. The number of benzene rings is 1. The second kappa shape index (κ2) is 7.32. The van der Waals surface area contributed by atoms with Crippen molar-refractivity contribution in [3.05, 3.63) is 34.6 Å². The lowest BCUT2D eigenvalue weighted by atomic mass is 10.1. The molecule has 0 fully saturated rings. The van der Waals surface area contributed by atoms with Gasteiger partial charge in [-0.2, -0.15) is 0 Å². The highest BCUT2D eigenvalue weighted by molar-refractivity contribution is 7.57. The third-order valence-corrected chi connectivity index (χ3v) is 5.08. The Labute approximate surface area is 130 Å². The van der Waals surface area contributed by atoms with Gasteiger partial charge in [0.05, 0.1) is 35.4 Å². The van der Waals surface area contributed by atoms with Gasteiger partial charge in [-0.05, 0) is 19.9 Å². The zero-order valence-electron chi connectivity index (χ0n) is 12.2. The Kier molecular flexibility index (Phi) is 5.71. The Bertz CT molecular complexity index is 567. The quantitative estimate of drug-likeness (QED) is 0.801. The number of rotatable bonds is 5. The van der Waals surface area contributed by atoms with E-state index in [1.54, 1.807) is 19.7 Å². The molecule has 2 rings (SSSR count). The summed E-state index contributed by atoms with van der Waals surface area (Å²) in [6.45, 7) is 5.63. The summed E-state index contributed by atoms with van der Waals surface area (Å²) in [6, 6.07) is 5.59. The van der Waals surface area contributed by atoms with Crippen molar-refractivity contribution in [2.24, 2.45) is 0 Å². The van der Waals surface area contributed by atoms with Crippen LogP contribution in [0.15, 0.2) is 24.0 Å². The molecule has 7 heteroatoms. The van der Waals surface area contributed by atoms with Crippen molar-refractivity contribution in [2.75, 3.05) is 31.6 Å². The van der Waals surface area contributed by atoms with E-state index in [1.807, 2.05) is 18.2 Å². The number of hydrogen-bond acceptors (Lipinski definition) is 5. The fourth-order valence-electron chi connectivity index (χ4n) is 2.15. The molecule has 1 aliphatic heterocycles. The molecule has 1 aliphatic rings. The topological polar surface area (TPSA) is 59.6 Å². The molecule has 0 radical (unpaired) electrons. The van der Waals surface area contributed by atoms with Crippen molar-refractivity contribution >= 4 is 30.6 Å². The third kappa shape index (κ3) is 4.01. The first-order chi connectivity index (χ1) is 10.1. The van der Waals surface area contributed by atoms with E-state index in [0.717, 1.165) is 17.8 Å². The number of nitrogens with one attached hydrogen (secondary N) is 2. The molecule has 0 atom stereocenters. The zero-order valence-corrected chi connectivity index (χ0v) is 13.8. The molecule has 0 unspecified atom stereocenters. The minimum Gasteiger partial charge on any atom is -0.382 e. The Morgan fingerprint density at radius 3 is 2.57 bits per heavy atom. The van der Waals surface area contributed by atoms with E-state index >= 15 is 0 Å². The molecule has 1 aromatic rings. The Morgan fingerprint density at radius 1 is 1.24 bits per heavy atom. The van der Waals surface area contributed by atoms with Gasteiger partial charge in [-0.25, -0.2) is 0 Å². The number of fused-ring (bicyclic) bond motifs is 1. The summed E-state index contributed by atoms with van der Waals surface area (Å²) < 4.78 is 23.3. The van der Waals surface area contributed by atoms with Crippen LogP contribution >= 0.6 is 19.2 Å². The van der Waals surface area contributed by atoms with Crippen LogP contribution in [0.5, 0.6) is 0 Å². The summed E-state index contributed by atoms with van der Waals surface area (Å²) in [5.74, 6) is 1.54. The van der Waals surface area contributed by atoms with Gasteiger partial charge in [-0.3, -0.25) is 4.57 Å². The summed E-state index contributed by atoms with van der Waals surface area (Å²) in [4.78, 5) is 0. The number of halogens is 1. The van der Waals surface area contributed by atoms with Crippen molar-refractivity contribution in [3.63, 3.8) is 0 Å². The molecule has 0 bridgehead atoms. The first kappa shape index (κ1) is 16.4. The van der Waals surface area contributed by atoms with Gasteiger partial charge in [0.25, 0.3) is 0 Å². The first-order valence-corrected chi connectivity index (χ1v) is 8.97. The summed E-state index contributed by atoms with van der Waals surface area (Å²) in [5, 5.41) is 7.14. The van der Waals surface area contributed by atoms with E-state index in [-0.39, 0.29) is 0 Å². The monoisotopic (exact) mass is 330 g/mol. The van der Waals surface area contributed by atoms with Crippen LogP contribution in [0, 0.1) is 0 Å². The third-order valence-electron chi connectivity index (χ3n) is 2.95. The molecule has 116 valence electrons. The zero-order chi connectivity index (χ0) is 15.3. The minimum atomic E-state index is -3.27. The number of para-hydroxylation sites is 1. The molecule has 0 aliphatic carbocycles. The van der Waals surface area contributed by atoms with Gasteiger partial charge in [0.15, 0.2) is 0 Å². The molecule has 1 heterocycles. The lowest BCUT2D eigenvalue weighted by Gasteiger charge is -2.16. The van der Waals surface area contributed by atoms with Crippen LogP contribution < -0.4 is 10.6 Å². The van der Waals surface area contributed by atoms with Gasteiger partial charge in [0, 0.05) is 18.7 Å². The van der Waals surface area contributed by atoms with Crippen LogP contribution in [0.1, 0.15) is 19.4 Å². The summed E-state index contributed by atoms with van der Waals surface area (Å²) in [5.41, 5.74) is 2.40. The summed E-state index contributed by atoms with van der Waals surface area (Å²) >= 11 is 6.22. The van der Waals surface area contributed by atoms with E-state index < -0.39 is 7.60 Å².